The Bertz CT molecular complexity index is 1110. The minimum Gasteiger partial charge on any atom is -0.509 e. The summed E-state index contributed by atoms with van der Waals surface area (Å²) >= 11 is 0. The molecule has 10 heteroatoms. The van der Waals surface area contributed by atoms with E-state index < -0.39 is 29.4 Å². The summed E-state index contributed by atoms with van der Waals surface area (Å²) in [7, 11) is 0. The zero-order valence-electron chi connectivity index (χ0n) is 13.6. The molecule has 0 radical (unpaired) electrons. The van der Waals surface area contributed by atoms with Crippen LogP contribution in [0, 0.1) is 5.41 Å². The second-order valence-electron chi connectivity index (χ2n) is 5.83. The van der Waals surface area contributed by atoms with Gasteiger partial charge in [0.1, 0.15) is 17.4 Å². The number of amides is 1. The Morgan fingerprint density at radius 2 is 2.04 bits per heavy atom. The Balaban J connectivity index is 1.88. The third-order valence-electron chi connectivity index (χ3n) is 4.24. The molecule has 0 bridgehead atoms. The topological polar surface area (TPSA) is 170 Å². The van der Waals surface area contributed by atoms with Crippen molar-refractivity contribution >= 4 is 40.0 Å². The van der Waals surface area contributed by atoms with E-state index in [1.165, 1.54) is 6.07 Å². The number of carboxylic acid groups (broad SMARTS) is 1. The number of hydrogen-bond acceptors (Lipinski definition) is 6. The number of aliphatic hydroxyl groups excluding tert-OH is 1. The van der Waals surface area contributed by atoms with Crippen LogP contribution in [-0.2, 0) is 4.79 Å². The molecule has 0 spiro atoms. The van der Waals surface area contributed by atoms with Crippen LogP contribution in [0.3, 0.4) is 0 Å². The molecule has 1 aliphatic rings. The number of hydrogen-bond donors (Lipinski definition) is 5. The van der Waals surface area contributed by atoms with Gasteiger partial charge in [-0.25, -0.2) is 9.78 Å². The first kappa shape index (κ1) is 16.4. The molecule has 2 aromatic heterocycles. The van der Waals surface area contributed by atoms with E-state index in [-0.39, 0.29) is 22.9 Å². The lowest BCUT2D eigenvalue weighted by Gasteiger charge is -2.23. The molecular weight excluding hydrogens is 354 g/mol. The smallest absolute Gasteiger partial charge is 0.374 e. The number of furan rings is 1. The SMILES string of the molecule is N=C1C(c2nc3ccccc3[nH]2)=C(O)[C@@H](C(N)=O)N1c1ccoc1C(=O)O. The fourth-order valence-electron chi connectivity index (χ4n) is 3.11. The van der Waals surface area contributed by atoms with Crippen LogP contribution in [0.5, 0.6) is 0 Å². The van der Waals surface area contributed by atoms with Crippen LogP contribution >= 0.6 is 0 Å². The number of aromatic nitrogens is 2. The van der Waals surface area contributed by atoms with Crippen LogP contribution in [0.15, 0.2) is 46.8 Å². The molecule has 0 saturated heterocycles. The summed E-state index contributed by atoms with van der Waals surface area (Å²) in [6, 6.07) is 6.91. The lowest BCUT2D eigenvalue weighted by molar-refractivity contribution is -0.118. The van der Waals surface area contributed by atoms with E-state index in [9.17, 15) is 19.8 Å². The molecule has 3 heterocycles. The van der Waals surface area contributed by atoms with Gasteiger partial charge in [0.25, 0.3) is 0 Å². The van der Waals surface area contributed by atoms with Crippen LogP contribution < -0.4 is 10.6 Å². The Kier molecular flexibility index (Phi) is 3.48. The molecule has 1 atom stereocenters. The van der Waals surface area contributed by atoms with E-state index in [2.05, 4.69) is 9.97 Å². The maximum atomic E-state index is 12.0. The monoisotopic (exact) mass is 367 g/mol. The number of carbonyl (C=O) groups is 2. The lowest BCUT2D eigenvalue weighted by Crippen LogP contribution is -2.45. The highest BCUT2D eigenvalue weighted by atomic mass is 16.4. The number of nitrogens with one attached hydrogen (secondary N) is 2. The average Bonchev–Trinajstić information content (AvgIpc) is 3.29. The van der Waals surface area contributed by atoms with Crippen molar-refractivity contribution in [1.29, 1.82) is 5.41 Å². The Labute approximate surface area is 151 Å². The summed E-state index contributed by atoms with van der Waals surface area (Å²) in [6.07, 6.45) is 1.11. The number of carboxylic acids is 1. The van der Waals surface area contributed by atoms with Crippen molar-refractivity contribution in [3.8, 4) is 0 Å². The fraction of sp³-hybridized carbons (Fsp3) is 0.0588. The van der Waals surface area contributed by atoms with Crippen molar-refractivity contribution in [3.63, 3.8) is 0 Å². The number of rotatable bonds is 4. The molecule has 136 valence electrons. The summed E-state index contributed by atoms with van der Waals surface area (Å²) < 4.78 is 4.93. The first-order chi connectivity index (χ1) is 12.9. The molecule has 27 heavy (non-hydrogen) atoms. The first-order valence-corrected chi connectivity index (χ1v) is 7.76. The second-order valence-corrected chi connectivity index (χ2v) is 5.83. The zero-order valence-corrected chi connectivity index (χ0v) is 13.6. The van der Waals surface area contributed by atoms with E-state index in [1.54, 1.807) is 24.3 Å². The van der Waals surface area contributed by atoms with E-state index in [4.69, 9.17) is 15.6 Å². The summed E-state index contributed by atoms with van der Waals surface area (Å²) in [4.78, 5) is 31.7. The highest BCUT2D eigenvalue weighted by Crippen LogP contribution is 2.37. The van der Waals surface area contributed by atoms with Gasteiger partial charge in [0, 0.05) is 6.07 Å². The highest BCUT2D eigenvalue weighted by Gasteiger charge is 2.45. The van der Waals surface area contributed by atoms with Gasteiger partial charge in [-0.2, -0.15) is 0 Å². The van der Waals surface area contributed by atoms with Crippen molar-refractivity contribution < 1.29 is 24.2 Å². The Morgan fingerprint density at radius 1 is 1.30 bits per heavy atom. The fourth-order valence-corrected chi connectivity index (χ4v) is 3.11. The van der Waals surface area contributed by atoms with E-state index >= 15 is 0 Å². The van der Waals surface area contributed by atoms with E-state index in [0.717, 1.165) is 11.2 Å². The number of imidazole rings is 1. The van der Waals surface area contributed by atoms with Gasteiger partial charge in [0.15, 0.2) is 6.04 Å². The lowest BCUT2D eigenvalue weighted by atomic mass is 10.2. The van der Waals surface area contributed by atoms with Crippen LogP contribution in [-0.4, -0.2) is 43.9 Å². The summed E-state index contributed by atoms with van der Waals surface area (Å²) in [5.74, 6) is -3.50. The molecule has 1 aromatic carbocycles. The molecule has 4 rings (SSSR count). The third-order valence-corrected chi connectivity index (χ3v) is 4.24. The van der Waals surface area contributed by atoms with Gasteiger partial charge < -0.3 is 30.2 Å². The Hall–Kier alpha value is -4.08. The molecular formula is C17H13N5O5. The van der Waals surface area contributed by atoms with Crippen LogP contribution in [0.2, 0.25) is 0 Å². The summed E-state index contributed by atoms with van der Waals surface area (Å²) in [5.41, 5.74) is 6.56. The second kappa shape index (κ2) is 5.73. The van der Waals surface area contributed by atoms with Gasteiger partial charge in [-0.15, -0.1) is 0 Å². The average molecular weight is 367 g/mol. The summed E-state index contributed by atoms with van der Waals surface area (Å²) in [5, 5.41) is 28.3. The van der Waals surface area contributed by atoms with Gasteiger partial charge in [-0.3, -0.25) is 10.2 Å². The molecule has 3 aromatic rings. The number of benzene rings is 1. The number of fused-ring (bicyclic) bond motifs is 1. The van der Waals surface area contributed by atoms with Crippen LogP contribution in [0.25, 0.3) is 16.6 Å². The maximum Gasteiger partial charge on any atom is 0.374 e. The van der Waals surface area contributed by atoms with Gasteiger partial charge in [0.2, 0.25) is 11.7 Å². The molecule has 0 unspecified atom stereocenters. The van der Waals surface area contributed by atoms with Crippen LogP contribution in [0.1, 0.15) is 16.4 Å². The molecule has 0 fully saturated rings. The molecule has 10 nitrogen and oxygen atoms in total. The highest BCUT2D eigenvalue weighted by molar-refractivity contribution is 6.33. The molecule has 1 amide bonds. The minimum atomic E-state index is -1.46. The van der Waals surface area contributed by atoms with E-state index in [0.29, 0.717) is 11.0 Å². The van der Waals surface area contributed by atoms with Gasteiger partial charge in [-0.1, -0.05) is 12.1 Å². The number of nitrogens with zero attached hydrogens (tertiary/aromatic N) is 2. The number of amidine groups is 1. The third kappa shape index (κ3) is 2.34. The number of aliphatic hydroxyl groups is 1. The predicted molar refractivity (Wildman–Crippen MR) is 94.5 cm³/mol. The van der Waals surface area contributed by atoms with Gasteiger partial charge in [-0.05, 0) is 12.1 Å². The number of anilines is 1. The van der Waals surface area contributed by atoms with Crippen LogP contribution in [0.4, 0.5) is 5.69 Å². The Morgan fingerprint density at radius 3 is 2.70 bits per heavy atom. The molecule has 6 N–H and O–H groups in total. The number of nitrogens with two attached hydrogens (primary N) is 1. The molecule has 0 saturated carbocycles. The molecule has 1 aliphatic heterocycles. The predicted octanol–water partition coefficient (Wildman–Crippen LogP) is 1.47. The van der Waals surface area contributed by atoms with Crippen molar-refractivity contribution in [2.24, 2.45) is 5.73 Å². The van der Waals surface area contributed by atoms with E-state index in [1.807, 2.05) is 0 Å². The van der Waals surface area contributed by atoms with Crippen molar-refractivity contribution in [2.45, 2.75) is 6.04 Å². The minimum absolute atomic E-state index is 0.0486. The van der Waals surface area contributed by atoms with Crippen molar-refractivity contribution in [3.05, 3.63) is 53.9 Å². The maximum absolute atomic E-state index is 12.0. The molecule has 0 aliphatic carbocycles. The number of para-hydroxylation sites is 2. The number of H-pyrrole nitrogens is 1. The zero-order chi connectivity index (χ0) is 19.3. The van der Waals surface area contributed by atoms with Gasteiger partial charge >= 0.3 is 5.97 Å². The van der Waals surface area contributed by atoms with Crippen molar-refractivity contribution in [2.75, 3.05) is 4.90 Å². The number of aromatic carboxylic acids is 1. The largest absolute Gasteiger partial charge is 0.509 e. The normalized spacial score (nSPS) is 17.1. The van der Waals surface area contributed by atoms with Crippen molar-refractivity contribution in [1.82, 2.24) is 9.97 Å². The number of carbonyl (C=O) groups excluding carboxylic acids is 1. The van der Waals surface area contributed by atoms with Gasteiger partial charge in [0.05, 0.1) is 28.6 Å². The standard InChI is InChI=1S/C17H13N5O5/c18-14-10(16-20-7-3-1-2-4-8(7)21-16)12(23)11(15(19)24)22(14)9-5-6-27-13(9)17(25)26/h1-6,11,18,23H,(H2,19,24)(H,20,21)(H,25,26)/t11-/m0/s1. The number of primary amides is 1. The number of aromatic amines is 1. The quantitative estimate of drug-likeness (QED) is 0.465. The first-order valence-electron chi connectivity index (χ1n) is 7.76. The summed E-state index contributed by atoms with van der Waals surface area (Å²) in [6.45, 7) is 0.